The van der Waals surface area contributed by atoms with Crippen LogP contribution >= 0.6 is 34.3 Å². The number of halogens is 1. The van der Waals surface area contributed by atoms with Crippen LogP contribution in [0.15, 0.2) is 34.6 Å². The minimum Gasteiger partial charge on any atom is -0.356 e. The summed E-state index contributed by atoms with van der Waals surface area (Å²) in [4.78, 5) is 9.21. The summed E-state index contributed by atoms with van der Waals surface area (Å²) in [5.41, 5.74) is 0. The van der Waals surface area contributed by atoms with E-state index in [1.807, 2.05) is 13.1 Å². The Balaban J connectivity index is 1.74. The molecule has 0 saturated carbocycles. The highest BCUT2D eigenvalue weighted by Gasteiger charge is 2.06. The lowest BCUT2D eigenvalue weighted by Crippen LogP contribution is -2.40. The van der Waals surface area contributed by atoms with E-state index in [-0.39, 0.29) is 0 Å². The van der Waals surface area contributed by atoms with E-state index in [1.165, 1.54) is 9.75 Å². The van der Waals surface area contributed by atoms with Gasteiger partial charge in [0.2, 0.25) is 0 Å². The van der Waals surface area contributed by atoms with E-state index >= 15 is 0 Å². The molecule has 0 fully saturated rings. The fourth-order valence-corrected chi connectivity index (χ4v) is 3.79. The van der Waals surface area contributed by atoms with E-state index in [2.05, 4.69) is 45.8 Å². The van der Waals surface area contributed by atoms with Gasteiger partial charge in [0.25, 0.3) is 0 Å². The number of hydrogen-bond donors (Lipinski definition) is 1. The zero-order valence-electron chi connectivity index (χ0n) is 12.3. The predicted molar refractivity (Wildman–Crippen MR) is 95.0 cm³/mol. The number of nitrogens with zero attached hydrogens (tertiary/aromatic N) is 2. The van der Waals surface area contributed by atoms with Crippen LogP contribution < -0.4 is 5.32 Å². The van der Waals surface area contributed by atoms with Crippen molar-refractivity contribution in [1.82, 2.24) is 10.2 Å². The van der Waals surface area contributed by atoms with E-state index in [9.17, 15) is 0 Å². The van der Waals surface area contributed by atoms with Gasteiger partial charge in [-0.3, -0.25) is 4.99 Å². The summed E-state index contributed by atoms with van der Waals surface area (Å²) < 4.78 is 0.849. The summed E-state index contributed by atoms with van der Waals surface area (Å²) in [6.07, 6.45) is 2.02. The van der Waals surface area contributed by atoms with Crippen LogP contribution in [0.1, 0.15) is 9.75 Å². The minimum absolute atomic E-state index is 0.849. The molecule has 2 heterocycles. The van der Waals surface area contributed by atoms with Crippen LogP contribution in [0.5, 0.6) is 0 Å². The third kappa shape index (κ3) is 5.34. The minimum atomic E-state index is 0.849. The quantitative estimate of drug-likeness (QED) is 0.640. The van der Waals surface area contributed by atoms with Crippen molar-refractivity contribution in [2.24, 2.45) is 4.99 Å². The van der Waals surface area contributed by atoms with Crippen molar-refractivity contribution in [2.75, 3.05) is 27.2 Å². The molecule has 0 aliphatic heterocycles. The van der Waals surface area contributed by atoms with Crippen molar-refractivity contribution in [1.29, 1.82) is 0 Å². The number of rotatable bonds is 6. The maximum atomic E-state index is 5.94. The average molecular weight is 342 g/mol. The summed E-state index contributed by atoms with van der Waals surface area (Å²) in [6, 6.07) is 8.30. The maximum absolute atomic E-state index is 5.94. The molecule has 2 rings (SSSR count). The van der Waals surface area contributed by atoms with E-state index in [4.69, 9.17) is 11.6 Å². The molecule has 0 aromatic carbocycles. The van der Waals surface area contributed by atoms with Gasteiger partial charge in [0.05, 0.1) is 4.34 Å². The predicted octanol–water partition coefficient (Wildman–Crippen LogP) is 3.76. The lowest BCUT2D eigenvalue weighted by atomic mass is 10.3. The summed E-state index contributed by atoms with van der Waals surface area (Å²) in [5, 5.41) is 5.52. The molecular weight excluding hydrogens is 322 g/mol. The van der Waals surface area contributed by atoms with E-state index in [1.54, 1.807) is 22.7 Å². The Hall–Kier alpha value is -1.04. The molecule has 3 nitrogen and oxygen atoms in total. The molecule has 2 aromatic heterocycles. The fraction of sp³-hybridized carbons (Fsp3) is 0.400. The van der Waals surface area contributed by atoms with Gasteiger partial charge in [-0.25, -0.2) is 0 Å². The van der Waals surface area contributed by atoms with Gasteiger partial charge < -0.3 is 10.2 Å². The monoisotopic (exact) mass is 341 g/mol. The highest BCUT2D eigenvalue weighted by molar-refractivity contribution is 7.16. The molecule has 2 aromatic rings. The smallest absolute Gasteiger partial charge is 0.193 e. The Morgan fingerprint density at radius 3 is 2.76 bits per heavy atom. The van der Waals surface area contributed by atoms with Gasteiger partial charge in [-0.15, -0.1) is 22.7 Å². The third-order valence-electron chi connectivity index (χ3n) is 3.13. The molecule has 21 heavy (non-hydrogen) atoms. The normalized spacial score (nSPS) is 11.7. The first-order chi connectivity index (χ1) is 10.2. The SMILES string of the molecule is CN=C(NCCc1ccc(Cl)s1)N(C)CCc1cccs1. The molecular formula is C15H20ClN3S2. The van der Waals surface area contributed by atoms with Gasteiger partial charge in [0.1, 0.15) is 0 Å². The van der Waals surface area contributed by atoms with Gasteiger partial charge in [-0.05, 0) is 36.4 Å². The Bertz CT molecular complexity index is 563. The van der Waals surface area contributed by atoms with Crippen LogP contribution in [-0.4, -0.2) is 38.0 Å². The first-order valence-electron chi connectivity index (χ1n) is 6.87. The largest absolute Gasteiger partial charge is 0.356 e. The molecule has 0 unspecified atom stereocenters. The van der Waals surface area contributed by atoms with Crippen LogP contribution in [-0.2, 0) is 12.8 Å². The molecule has 0 aliphatic carbocycles. The topological polar surface area (TPSA) is 27.6 Å². The zero-order chi connectivity index (χ0) is 15.1. The van der Waals surface area contributed by atoms with Crippen molar-refractivity contribution < 1.29 is 0 Å². The molecule has 6 heteroatoms. The highest BCUT2D eigenvalue weighted by Crippen LogP contribution is 2.21. The van der Waals surface area contributed by atoms with Crippen molar-refractivity contribution in [3.05, 3.63) is 43.7 Å². The van der Waals surface area contributed by atoms with E-state index in [0.717, 1.165) is 36.2 Å². The number of aliphatic imine (C=N–C) groups is 1. The van der Waals surface area contributed by atoms with Crippen molar-refractivity contribution in [3.8, 4) is 0 Å². The van der Waals surface area contributed by atoms with Crippen LogP contribution in [0.3, 0.4) is 0 Å². The molecule has 114 valence electrons. The molecule has 0 bridgehead atoms. The first-order valence-corrected chi connectivity index (χ1v) is 8.95. The Kier molecular flexibility index (Phi) is 6.54. The number of thiophene rings is 2. The number of likely N-dealkylation sites (N-methyl/N-ethyl adjacent to an activating group) is 1. The molecule has 0 saturated heterocycles. The number of hydrogen-bond acceptors (Lipinski definition) is 3. The standard InChI is InChI=1S/C15H20ClN3S2/c1-17-15(18-9-7-13-5-6-14(16)21-13)19(2)10-8-12-4-3-11-20-12/h3-6,11H,7-10H2,1-2H3,(H,17,18). The van der Waals surface area contributed by atoms with Gasteiger partial charge >= 0.3 is 0 Å². The lowest BCUT2D eigenvalue weighted by molar-refractivity contribution is 0.487. The molecule has 0 atom stereocenters. The van der Waals surface area contributed by atoms with Crippen molar-refractivity contribution in [3.63, 3.8) is 0 Å². The van der Waals surface area contributed by atoms with Gasteiger partial charge in [0.15, 0.2) is 5.96 Å². The molecule has 0 radical (unpaired) electrons. The summed E-state index contributed by atoms with van der Waals surface area (Å²) >= 11 is 9.38. The summed E-state index contributed by atoms with van der Waals surface area (Å²) in [7, 11) is 3.90. The molecule has 0 amide bonds. The van der Waals surface area contributed by atoms with Crippen LogP contribution in [0.25, 0.3) is 0 Å². The Morgan fingerprint density at radius 1 is 1.29 bits per heavy atom. The molecule has 1 N–H and O–H groups in total. The van der Waals surface area contributed by atoms with Gasteiger partial charge in [0, 0.05) is 36.9 Å². The molecule has 0 aliphatic rings. The second-order valence-corrected chi connectivity index (χ2v) is 7.51. The van der Waals surface area contributed by atoms with Crippen LogP contribution in [0.2, 0.25) is 4.34 Å². The highest BCUT2D eigenvalue weighted by atomic mass is 35.5. The second-order valence-electron chi connectivity index (χ2n) is 4.68. The average Bonchev–Trinajstić information content (AvgIpc) is 3.12. The van der Waals surface area contributed by atoms with Gasteiger partial charge in [-0.1, -0.05) is 17.7 Å². The van der Waals surface area contributed by atoms with Crippen LogP contribution in [0, 0.1) is 0 Å². The number of nitrogens with one attached hydrogen (secondary N) is 1. The zero-order valence-corrected chi connectivity index (χ0v) is 14.7. The van der Waals surface area contributed by atoms with Gasteiger partial charge in [-0.2, -0.15) is 0 Å². The molecule has 0 spiro atoms. The van der Waals surface area contributed by atoms with Crippen molar-refractivity contribution in [2.45, 2.75) is 12.8 Å². The summed E-state index contributed by atoms with van der Waals surface area (Å²) in [5.74, 6) is 0.939. The summed E-state index contributed by atoms with van der Waals surface area (Å²) in [6.45, 7) is 1.83. The van der Waals surface area contributed by atoms with E-state index < -0.39 is 0 Å². The fourth-order valence-electron chi connectivity index (χ4n) is 2.01. The Labute approximate surface area is 139 Å². The Morgan fingerprint density at radius 2 is 2.14 bits per heavy atom. The maximum Gasteiger partial charge on any atom is 0.193 e. The first kappa shape index (κ1) is 16.3. The van der Waals surface area contributed by atoms with E-state index in [0.29, 0.717) is 0 Å². The third-order valence-corrected chi connectivity index (χ3v) is 5.36. The number of guanidine groups is 1. The second kappa shape index (κ2) is 8.41. The van der Waals surface area contributed by atoms with Crippen LogP contribution in [0.4, 0.5) is 0 Å². The lowest BCUT2D eigenvalue weighted by Gasteiger charge is -2.21. The van der Waals surface area contributed by atoms with Crippen molar-refractivity contribution >= 4 is 40.2 Å².